The number of amides is 1. The van der Waals surface area contributed by atoms with Crippen LogP contribution in [0.15, 0.2) is 24.3 Å². The van der Waals surface area contributed by atoms with E-state index in [4.69, 9.17) is 5.73 Å². The Morgan fingerprint density at radius 2 is 2.24 bits per heavy atom. The molecule has 4 heteroatoms. The Kier molecular flexibility index (Phi) is 3.33. The van der Waals surface area contributed by atoms with E-state index in [0.717, 1.165) is 24.3 Å². The quantitative estimate of drug-likeness (QED) is 0.738. The van der Waals surface area contributed by atoms with Gasteiger partial charge in [-0.25, -0.2) is 0 Å². The molecule has 0 aromatic heterocycles. The lowest BCUT2D eigenvalue weighted by Crippen LogP contribution is -2.31. The molecule has 2 rings (SSSR count). The summed E-state index contributed by atoms with van der Waals surface area (Å²) in [6, 6.07) is 7.84. The standard InChI is InChI=1S/C13H19N3O/c1-15-13(17)12-8-16(2)7-11(12)9-4-3-5-10(14)6-9/h3-6,11-12H,7-8,14H2,1-2H3,(H,15,17)/t11-,12+/m0/s1. The average molecular weight is 233 g/mol. The van der Waals surface area contributed by atoms with Crippen molar-refractivity contribution in [3.63, 3.8) is 0 Å². The van der Waals surface area contributed by atoms with Crippen LogP contribution in [0.25, 0.3) is 0 Å². The smallest absolute Gasteiger partial charge is 0.224 e. The zero-order valence-electron chi connectivity index (χ0n) is 10.3. The van der Waals surface area contributed by atoms with E-state index in [1.54, 1.807) is 7.05 Å². The van der Waals surface area contributed by atoms with Gasteiger partial charge in [-0.2, -0.15) is 0 Å². The number of hydrogen-bond donors (Lipinski definition) is 2. The number of nitrogens with two attached hydrogens (primary N) is 1. The predicted octanol–water partition coefficient (Wildman–Crippen LogP) is 0.660. The first-order valence-electron chi connectivity index (χ1n) is 5.87. The van der Waals surface area contributed by atoms with Gasteiger partial charge in [0.1, 0.15) is 0 Å². The number of hydrogen-bond acceptors (Lipinski definition) is 3. The van der Waals surface area contributed by atoms with Gasteiger partial charge in [-0.05, 0) is 24.7 Å². The summed E-state index contributed by atoms with van der Waals surface area (Å²) in [6.45, 7) is 1.71. The maximum atomic E-state index is 11.9. The molecule has 1 amide bonds. The Labute approximate surface area is 102 Å². The molecule has 0 bridgehead atoms. The number of anilines is 1. The third-order valence-electron chi connectivity index (χ3n) is 3.42. The molecule has 3 N–H and O–H groups in total. The summed E-state index contributed by atoms with van der Waals surface area (Å²) >= 11 is 0. The van der Waals surface area contributed by atoms with Gasteiger partial charge in [-0.3, -0.25) is 4.79 Å². The highest BCUT2D eigenvalue weighted by atomic mass is 16.1. The minimum Gasteiger partial charge on any atom is -0.399 e. The number of carbonyl (C=O) groups excluding carboxylic acids is 1. The molecule has 1 aliphatic heterocycles. The summed E-state index contributed by atoms with van der Waals surface area (Å²) in [4.78, 5) is 14.0. The second-order valence-electron chi connectivity index (χ2n) is 4.72. The number of likely N-dealkylation sites (N-methyl/N-ethyl adjacent to an activating group) is 1. The van der Waals surface area contributed by atoms with Crippen LogP contribution in [0.2, 0.25) is 0 Å². The summed E-state index contributed by atoms with van der Waals surface area (Å²) in [5.74, 6) is 0.372. The molecule has 0 unspecified atom stereocenters. The van der Waals surface area contributed by atoms with E-state index in [2.05, 4.69) is 16.3 Å². The molecule has 2 atom stereocenters. The SMILES string of the molecule is CNC(=O)[C@@H]1CN(C)C[C@H]1c1cccc(N)c1. The molecule has 17 heavy (non-hydrogen) atoms. The van der Waals surface area contributed by atoms with Gasteiger partial charge in [-0.1, -0.05) is 12.1 Å². The molecule has 1 saturated heterocycles. The zero-order valence-corrected chi connectivity index (χ0v) is 10.3. The highest BCUT2D eigenvalue weighted by Gasteiger charge is 2.36. The van der Waals surface area contributed by atoms with Crippen LogP contribution in [-0.2, 0) is 4.79 Å². The fourth-order valence-corrected chi connectivity index (χ4v) is 2.58. The number of carbonyl (C=O) groups is 1. The average Bonchev–Trinajstić information content (AvgIpc) is 2.70. The molecule has 92 valence electrons. The normalized spacial score (nSPS) is 24.8. The number of nitrogens with zero attached hydrogens (tertiary/aromatic N) is 1. The molecular formula is C13H19N3O. The summed E-state index contributed by atoms with van der Waals surface area (Å²) in [5, 5.41) is 2.74. The Hall–Kier alpha value is -1.55. The van der Waals surface area contributed by atoms with Crippen LogP contribution >= 0.6 is 0 Å². The van der Waals surface area contributed by atoms with E-state index in [0.29, 0.717) is 0 Å². The van der Waals surface area contributed by atoms with Crippen molar-refractivity contribution in [2.45, 2.75) is 5.92 Å². The van der Waals surface area contributed by atoms with Gasteiger partial charge < -0.3 is 16.0 Å². The molecular weight excluding hydrogens is 214 g/mol. The maximum absolute atomic E-state index is 11.9. The topological polar surface area (TPSA) is 58.4 Å². The molecule has 0 aliphatic carbocycles. The van der Waals surface area contributed by atoms with Gasteiger partial charge in [0.05, 0.1) is 5.92 Å². The maximum Gasteiger partial charge on any atom is 0.224 e. The van der Waals surface area contributed by atoms with Crippen LogP contribution < -0.4 is 11.1 Å². The fraction of sp³-hybridized carbons (Fsp3) is 0.462. The number of benzene rings is 1. The van der Waals surface area contributed by atoms with Crippen LogP contribution in [0.3, 0.4) is 0 Å². The first-order chi connectivity index (χ1) is 8.11. The Bertz CT molecular complexity index is 419. The molecule has 4 nitrogen and oxygen atoms in total. The summed E-state index contributed by atoms with van der Waals surface area (Å²) in [6.07, 6.45) is 0. The van der Waals surface area contributed by atoms with Gasteiger partial charge in [0.15, 0.2) is 0 Å². The van der Waals surface area contributed by atoms with Crippen molar-refractivity contribution in [2.24, 2.45) is 5.92 Å². The predicted molar refractivity (Wildman–Crippen MR) is 68.6 cm³/mol. The van der Waals surface area contributed by atoms with Crippen molar-refractivity contribution < 1.29 is 4.79 Å². The minimum atomic E-state index is 0.0202. The van der Waals surface area contributed by atoms with Gasteiger partial charge >= 0.3 is 0 Å². The van der Waals surface area contributed by atoms with Crippen molar-refractivity contribution >= 4 is 11.6 Å². The van der Waals surface area contributed by atoms with Gasteiger partial charge in [0, 0.05) is 31.7 Å². The van der Waals surface area contributed by atoms with Gasteiger partial charge in [-0.15, -0.1) is 0 Å². The first-order valence-corrected chi connectivity index (χ1v) is 5.87. The Balaban J connectivity index is 2.26. The second-order valence-corrected chi connectivity index (χ2v) is 4.72. The summed E-state index contributed by atoms with van der Waals surface area (Å²) in [7, 11) is 3.74. The van der Waals surface area contributed by atoms with E-state index < -0.39 is 0 Å². The third-order valence-corrected chi connectivity index (χ3v) is 3.42. The number of likely N-dealkylation sites (tertiary alicyclic amines) is 1. The molecule has 1 fully saturated rings. The van der Waals surface area contributed by atoms with Crippen molar-refractivity contribution in [3.8, 4) is 0 Å². The van der Waals surface area contributed by atoms with Crippen molar-refractivity contribution in [1.82, 2.24) is 10.2 Å². The Morgan fingerprint density at radius 1 is 1.47 bits per heavy atom. The summed E-state index contributed by atoms with van der Waals surface area (Å²) in [5.41, 5.74) is 7.71. The highest BCUT2D eigenvalue weighted by molar-refractivity contribution is 5.80. The zero-order chi connectivity index (χ0) is 12.4. The van der Waals surface area contributed by atoms with Crippen LogP contribution in [0, 0.1) is 5.92 Å². The van der Waals surface area contributed by atoms with Crippen LogP contribution in [0.5, 0.6) is 0 Å². The second kappa shape index (κ2) is 4.75. The van der Waals surface area contributed by atoms with Crippen LogP contribution in [0.1, 0.15) is 11.5 Å². The van der Waals surface area contributed by atoms with Crippen molar-refractivity contribution in [1.29, 1.82) is 0 Å². The lowest BCUT2D eigenvalue weighted by molar-refractivity contribution is -0.124. The Morgan fingerprint density at radius 3 is 2.88 bits per heavy atom. The van der Waals surface area contributed by atoms with Crippen LogP contribution in [0.4, 0.5) is 5.69 Å². The van der Waals surface area contributed by atoms with Crippen LogP contribution in [-0.4, -0.2) is 38.0 Å². The molecule has 0 radical (unpaired) electrons. The highest BCUT2D eigenvalue weighted by Crippen LogP contribution is 2.32. The van der Waals surface area contributed by atoms with Gasteiger partial charge in [0.2, 0.25) is 5.91 Å². The van der Waals surface area contributed by atoms with E-state index in [-0.39, 0.29) is 17.7 Å². The third kappa shape index (κ3) is 2.42. The summed E-state index contributed by atoms with van der Waals surface area (Å²) < 4.78 is 0. The number of nitrogen functional groups attached to an aromatic ring is 1. The lowest BCUT2D eigenvalue weighted by atomic mass is 9.88. The van der Waals surface area contributed by atoms with Crippen molar-refractivity contribution in [2.75, 3.05) is 32.9 Å². The largest absolute Gasteiger partial charge is 0.399 e. The molecule has 1 aromatic carbocycles. The molecule has 1 aliphatic rings. The lowest BCUT2D eigenvalue weighted by Gasteiger charge is -2.17. The van der Waals surface area contributed by atoms with E-state index >= 15 is 0 Å². The van der Waals surface area contributed by atoms with Crippen molar-refractivity contribution in [3.05, 3.63) is 29.8 Å². The van der Waals surface area contributed by atoms with Gasteiger partial charge in [0.25, 0.3) is 0 Å². The molecule has 1 heterocycles. The monoisotopic (exact) mass is 233 g/mol. The van der Waals surface area contributed by atoms with E-state index in [1.165, 1.54) is 0 Å². The molecule has 1 aromatic rings. The number of rotatable bonds is 2. The van der Waals surface area contributed by atoms with E-state index in [1.807, 2.05) is 25.2 Å². The molecule has 0 saturated carbocycles. The molecule has 0 spiro atoms. The minimum absolute atomic E-state index is 0.0202. The fourth-order valence-electron chi connectivity index (χ4n) is 2.58. The van der Waals surface area contributed by atoms with E-state index in [9.17, 15) is 4.79 Å². The number of nitrogens with one attached hydrogen (secondary N) is 1. The first kappa shape index (κ1) is 11.9.